The predicted octanol–water partition coefficient (Wildman–Crippen LogP) is 0.846. The maximum absolute atomic E-state index is 4.73. The third kappa shape index (κ3) is 2.73. The number of fused-ring (bicyclic) bond motifs is 1. The zero-order chi connectivity index (χ0) is 11.5. The second-order valence-electron chi connectivity index (χ2n) is 5.69. The van der Waals surface area contributed by atoms with Crippen molar-refractivity contribution in [2.75, 3.05) is 19.6 Å². The first-order valence-corrected chi connectivity index (χ1v) is 7.20. The third-order valence-corrected chi connectivity index (χ3v) is 4.32. The molecule has 4 heteroatoms. The molecule has 0 radical (unpaired) electrons. The van der Waals surface area contributed by atoms with Gasteiger partial charge in [0.1, 0.15) is 0 Å². The molecule has 17 heavy (non-hydrogen) atoms. The van der Waals surface area contributed by atoms with Gasteiger partial charge in [-0.15, -0.1) is 0 Å². The highest BCUT2D eigenvalue weighted by molar-refractivity contribution is 5.82. The summed E-state index contributed by atoms with van der Waals surface area (Å²) in [6, 6.07) is 1.29. The molecule has 2 aliphatic heterocycles. The lowest BCUT2D eigenvalue weighted by Gasteiger charge is -2.23. The summed E-state index contributed by atoms with van der Waals surface area (Å²) in [6.45, 7) is 3.30. The van der Waals surface area contributed by atoms with Crippen molar-refractivity contribution in [3.05, 3.63) is 0 Å². The average molecular weight is 236 g/mol. The van der Waals surface area contributed by atoms with Crippen LogP contribution in [0.15, 0.2) is 4.99 Å². The smallest absolute Gasteiger partial charge is 0.191 e. The fourth-order valence-electron chi connectivity index (χ4n) is 3.26. The van der Waals surface area contributed by atoms with Crippen LogP contribution in [-0.4, -0.2) is 37.7 Å². The van der Waals surface area contributed by atoms with E-state index in [-0.39, 0.29) is 0 Å². The molecule has 1 saturated carbocycles. The number of hydrogen-bond acceptors (Lipinski definition) is 2. The molecule has 2 saturated heterocycles. The number of nitrogens with zero attached hydrogens (tertiary/aromatic N) is 1. The van der Waals surface area contributed by atoms with Crippen LogP contribution in [0.4, 0.5) is 0 Å². The number of aliphatic imine (C=N–C) groups is 1. The second-order valence-corrected chi connectivity index (χ2v) is 5.69. The Morgan fingerprint density at radius 2 is 1.76 bits per heavy atom. The zero-order valence-electron chi connectivity index (χ0n) is 10.5. The van der Waals surface area contributed by atoms with Crippen molar-refractivity contribution < 1.29 is 0 Å². The fraction of sp³-hybridized carbons (Fsp3) is 0.923. The van der Waals surface area contributed by atoms with Crippen LogP contribution in [0.2, 0.25) is 0 Å². The molecule has 3 unspecified atom stereocenters. The quantitative estimate of drug-likeness (QED) is 0.666. The molecule has 4 nitrogen and oxygen atoms in total. The fourth-order valence-corrected chi connectivity index (χ4v) is 3.26. The standard InChI is InChI=1S/C13H24N4/c1-2-6-12-11(5-1)16-13(17-12)15-9-10-4-3-7-14-8-10/h10-12,14H,1-9H2,(H2,15,16,17). The minimum Gasteiger partial charge on any atom is -0.352 e. The molecule has 3 atom stereocenters. The van der Waals surface area contributed by atoms with Crippen molar-refractivity contribution in [2.24, 2.45) is 10.9 Å². The summed E-state index contributed by atoms with van der Waals surface area (Å²) < 4.78 is 0. The number of guanidine groups is 1. The SMILES string of the molecule is C1CNCC(CN=C2NC3CCCCC3N2)C1. The lowest BCUT2D eigenvalue weighted by molar-refractivity contribution is 0.374. The van der Waals surface area contributed by atoms with Gasteiger partial charge >= 0.3 is 0 Å². The normalized spacial score (nSPS) is 36.9. The molecular weight excluding hydrogens is 212 g/mol. The minimum atomic E-state index is 0.645. The maximum atomic E-state index is 4.73. The first-order valence-electron chi connectivity index (χ1n) is 7.20. The Hall–Kier alpha value is -0.770. The Kier molecular flexibility index (Phi) is 3.50. The van der Waals surface area contributed by atoms with Crippen molar-refractivity contribution in [3.8, 4) is 0 Å². The van der Waals surface area contributed by atoms with Gasteiger partial charge in [-0.1, -0.05) is 12.8 Å². The lowest BCUT2D eigenvalue weighted by Crippen LogP contribution is -2.36. The summed E-state index contributed by atoms with van der Waals surface area (Å²) in [7, 11) is 0. The monoisotopic (exact) mass is 236 g/mol. The molecular formula is C13H24N4. The largest absolute Gasteiger partial charge is 0.352 e. The van der Waals surface area contributed by atoms with Gasteiger partial charge in [-0.25, -0.2) is 0 Å². The maximum Gasteiger partial charge on any atom is 0.191 e. The van der Waals surface area contributed by atoms with E-state index < -0.39 is 0 Å². The predicted molar refractivity (Wildman–Crippen MR) is 70.2 cm³/mol. The third-order valence-electron chi connectivity index (χ3n) is 4.32. The Morgan fingerprint density at radius 1 is 1.00 bits per heavy atom. The van der Waals surface area contributed by atoms with Gasteiger partial charge in [0.2, 0.25) is 0 Å². The van der Waals surface area contributed by atoms with E-state index >= 15 is 0 Å². The van der Waals surface area contributed by atoms with E-state index in [0.29, 0.717) is 12.1 Å². The second kappa shape index (κ2) is 5.25. The molecule has 1 aliphatic carbocycles. The first-order chi connectivity index (χ1) is 8.42. The van der Waals surface area contributed by atoms with E-state index in [1.165, 1.54) is 45.1 Å². The molecule has 3 rings (SSSR count). The van der Waals surface area contributed by atoms with Gasteiger partial charge in [-0.2, -0.15) is 0 Å². The molecule has 0 aromatic carbocycles. The Balaban J connectivity index is 1.51. The van der Waals surface area contributed by atoms with Crippen LogP contribution >= 0.6 is 0 Å². The molecule has 0 bridgehead atoms. The van der Waals surface area contributed by atoms with E-state index in [2.05, 4.69) is 16.0 Å². The Labute approximate surface area is 104 Å². The van der Waals surface area contributed by atoms with E-state index in [0.717, 1.165) is 25.0 Å². The van der Waals surface area contributed by atoms with Gasteiger partial charge in [0.05, 0.1) is 0 Å². The molecule has 0 amide bonds. The van der Waals surface area contributed by atoms with Crippen molar-refractivity contribution in [3.63, 3.8) is 0 Å². The average Bonchev–Trinajstić information content (AvgIpc) is 2.80. The van der Waals surface area contributed by atoms with Crippen LogP contribution in [0.1, 0.15) is 38.5 Å². The van der Waals surface area contributed by atoms with Crippen LogP contribution in [0, 0.1) is 5.92 Å². The van der Waals surface area contributed by atoms with Crippen LogP contribution in [0.25, 0.3) is 0 Å². The molecule has 0 spiro atoms. The van der Waals surface area contributed by atoms with Crippen molar-refractivity contribution in [2.45, 2.75) is 50.6 Å². The topological polar surface area (TPSA) is 48.5 Å². The van der Waals surface area contributed by atoms with E-state index in [9.17, 15) is 0 Å². The van der Waals surface area contributed by atoms with Crippen LogP contribution < -0.4 is 16.0 Å². The summed E-state index contributed by atoms with van der Waals surface area (Å²) in [5, 5.41) is 10.6. The summed E-state index contributed by atoms with van der Waals surface area (Å²) in [5.74, 6) is 1.80. The molecule has 3 aliphatic rings. The Bertz CT molecular complexity index is 267. The van der Waals surface area contributed by atoms with Gasteiger partial charge in [0.25, 0.3) is 0 Å². The van der Waals surface area contributed by atoms with Crippen molar-refractivity contribution >= 4 is 5.96 Å². The molecule has 2 heterocycles. The molecule has 3 fully saturated rings. The highest BCUT2D eigenvalue weighted by Gasteiger charge is 2.32. The molecule has 0 aromatic rings. The first kappa shape index (κ1) is 11.3. The van der Waals surface area contributed by atoms with E-state index in [4.69, 9.17) is 4.99 Å². The number of nitrogens with one attached hydrogen (secondary N) is 3. The van der Waals surface area contributed by atoms with Crippen LogP contribution in [0.3, 0.4) is 0 Å². The Morgan fingerprint density at radius 3 is 2.41 bits per heavy atom. The highest BCUT2D eigenvalue weighted by Crippen LogP contribution is 2.21. The van der Waals surface area contributed by atoms with Crippen molar-refractivity contribution in [1.29, 1.82) is 0 Å². The van der Waals surface area contributed by atoms with Crippen molar-refractivity contribution in [1.82, 2.24) is 16.0 Å². The summed E-state index contributed by atoms with van der Waals surface area (Å²) in [4.78, 5) is 4.73. The summed E-state index contributed by atoms with van der Waals surface area (Å²) in [6.07, 6.45) is 7.99. The van der Waals surface area contributed by atoms with Gasteiger partial charge in [0.15, 0.2) is 5.96 Å². The lowest BCUT2D eigenvalue weighted by atomic mass is 9.92. The summed E-state index contributed by atoms with van der Waals surface area (Å²) >= 11 is 0. The molecule has 3 N–H and O–H groups in total. The number of hydrogen-bond donors (Lipinski definition) is 3. The number of piperidine rings is 1. The van der Waals surface area contributed by atoms with Gasteiger partial charge in [-0.05, 0) is 44.7 Å². The number of rotatable bonds is 2. The van der Waals surface area contributed by atoms with E-state index in [1.807, 2.05) is 0 Å². The minimum absolute atomic E-state index is 0.645. The molecule has 96 valence electrons. The van der Waals surface area contributed by atoms with E-state index in [1.54, 1.807) is 0 Å². The highest BCUT2D eigenvalue weighted by atomic mass is 15.3. The molecule has 0 aromatic heterocycles. The summed E-state index contributed by atoms with van der Waals surface area (Å²) in [5.41, 5.74) is 0. The van der Waals surface area contributed by atoms with Gasteiger partial charge < -0.3 is 16.0 Å². The van der Waals surface area contributed by atoms with Gasteiger partial charge in [0, 0.05) is 18.6 Å². The van der Waals surface area contributed by atoms with Crippen LogP contribution in [0.5, 0.6) is 0 Å². The van der Waals surface area contributed by atoms with Crippen LogP contribution in [-0.2, 0) is 0 Å². The zero-order valence-corrected chi connectivity index (χ0v) is 10.5. The van der Waals surface area contributed by atoms with Gasteiger partial charge in [-0.3, -0.25) is 4.99 Å².